The highest BCUT2D eigenvalue weighted by atomic mass is 79.9. The highest BCUT2D eigenvalue weighted by molar-refractivity contribution is 9.10. The standard InChI is InChI=1S/C10H7BrO2S/c11-9-3-10-6(1-2-14-10)7(4-12)8(9)5-13/h1-4,13H,5H2. The highest BCUT2D eigenvalue weighted by Gasteiger charge is 2.11. The van der Waals surface area contributed by atoms with E-state index in [-0.39, 0.29) is 6.61 Å². The Labute approximate surface area is 93.3 Å². The monoisotopic (exact) mass is 270 g/mol. The lowest BCUT2D eigenvalue weighted by Crippen LogP contribution is -1.94. The number of halogens is 1. The van der Waals surface area contributed by atoms with Gasteiger partial charge in [0.15, 0.2) is 6.29 Å². The van der Waals surface area contributed by atoms with Crippen LogP contribution in [0.25, 0.3) is 10.1 Å². The molecule has 1 aromatic carbocycles. The first-order chi connectivity index (χ1) is 6.77. The minimum absolute atomic E-state index is 0.125. The fraction of sp³-hybridized carbons (Fsp3) is 0.100. The van der Waals surface area contributed by atoms with E-state index in [1.54, 1.807) is 11.3 Å². The molecule has 1 heterocycles. The number of aliphatic hydroxyl groups is 1. The number of thiophene rings is 1. The Kier molecular flexibility index (Phi) is 2.67. The van der Waals surface area contributed by atoms with Crippen molar-refractivity contribution in [1.29, 1.82) is 0 Å². The second kappa shape index (κ2) is 3.81. The quantitative estimate of drug-likeness (QED) is 0.852. The number of aliphatic hydroxyl groups excluding tert-OH is 1. The van der Waals surface area contributed by atoms with E-state index in [0.29, 0.717) is 11.1 Å². The third-order valence-corrected chi connectivity index (χ3v) is 3.70. The summed E-state index contributed by atoms with van der Waals surface area (Å²) < 4.78 is 1.84. The molecule has 0 aliphatic carbocycles. The Morgan fingerprint density at radius 3 is 3.00 bits per heavy atom. The number of rotatable bonds is 2. The van der Waals surface area contributed by atoms with Crippen molar-refractivity contribution in [1.82, 2.24) is 0 Å². The predicted molar refractivity (Wildman–Crippen MR) is 60.8 cm³/mol. The molecule has 0 saturated heterocycles. The van der Waals surface area contributed by atoms with Gasteiger partial charge in [-0.25, -0.2) is 0 Å². The summed E-state index contributed by atoms with van der Waals surface area (Å²) in [5.74, 6) is 0. The molecule has 0 aliphatic heterocycles. The Balaban J connectivity index is 2.88. The number of benzene rings is 1. The zero-order valence-corrected chi connectivity index (χ0v) is 9.56. The average Bonchev–Trinajstić information content (AvgIpc) is 2.62. The van der Waals surface area contributed by atoms with Crippen LogP contribution in [0.5, 0.6) is 0 Å². The molecule has 0 spiro atoms. The van der Waals surface area contributed by atoms with Crippen LogP contribution in [0.3, 0.4) is 0 Å². The van der Waals surface area contributed by atoms with Gasteiger partial charge in [0.1, 0.15) is 0 Å². The van der Waals surface area contributed by atoms with E-state index in [0.717, 1.165) is 20.8 Å². The minimum atomic E-state index is -0.125. The summed E-state index contributed by atoms with van der Waals surface area (Å²) in [6.07, 6.45) is 0.797. The smallest absolute Gasteiger partial charge is 0.151 e. The van der Waals surface area contributed by atoms with Gasteiger partial charge in [0, 0.05) is 25.7 Å². The van der Waals surface area contributed by atoms with Crippen molar-refractivity contribution in [2.24, 2.45) is 0 Å². The molecule has 1 N–H and O–H groups in total. The Hall–Kier alpha value is -0.710. The summed E-state index contributed by atoms with van der Waals surface area (Å²) in [6.45, 7) is -0.125. The van der Waals surface area contributed by atoms with Crippen molar-refractivity contribution >= 4 is 43.6 Å². The number of carbonyl (C=O) groups excluding carboxylic acids is 1. The van der Waals surface area contributed by atoms with Crippen LogP contribution in [-0.2, 0) is 6.61 Å². The third kappa shape index (κ3) is 1.39. The second-order valence-corrected chi connectivity index (χ2v) is 4.66. The van der Waals surface area contributed by atoms with Gasteiger partial charge in [0.25, 0.3) is 0 Å². The molecule has 14 heavy (non-hydrogen) atoms. The average molecular weight is 271 g/mol. The fourth-order valence-electron chi connectivity index (χ4n) is 1.44. The Morgan fingerprint density at radius 1 is 1.57 bits per heavy atom. The Morgan fingerprint density at radius 2 is 2.36 bits per heavy atom. The fourth-order valence-corrected chi connectivity index (χ4v) is 3.00. The molecule has 0 bridgehead atoms. The van der Waals surface area contributed by atoms with Gasteiger partial charge >= 0.3 is 0 Å². The molecule has 4 heteroatoms. The van der Waals surface area contributed by atoms with Gasteiger partial charge in [-0.15, -0.1) is 11.3 Å². The summed E-state index contributed by atoms with van der Waals surface area (Å²) in [4.78, 5) is 10.9. The van der Waals surface area contributed by atoms with E-state index in [4.69, 9.17) is 5.11 Å². The normalized spacial score (nSPS) is 10.7. The molecule has 0 fully saturated rings. The van der Waals surface area contributed by atoms with Gasteiger partial charge in [0.05, 0.1) is 6.61 Å². The van der Waals surface area contributed by atoms with Crippen molar-refractivity contribution in [2.75, 3.05) is 0 Å². The van der Waals surface area contributed by atoms with Crippen molar-refractivity contribution < 1.29 is 9.90 Å². The van der Waals surface area contributed by atoms with Gasteiger partial charge in [-0.2, -0.15) is 0 Å². The number of hydrogen-bond donors (Lipinski definition) is 1. The first-order valence-electron chi connectivity index (χ1n) is 4.02. The van der Waals surface area contributed by atoms with E-state index in [1.807, 2.05) is 17.5 Å². The summed E-state index contributed by atoms with van der Waals surface area (Å²) in [5.41, 5.74) is 1.24. The Bertz CT molecular complexity index is 490. The van der Waals surface area contributed by atoms with Gasteiger partial charge in [-0.3, -0.25) is 4.79 Å². The molecule has 0 atom stereocenters. The van der Waals surface area contributed by atoms with Crippen molar-refractivity contribution in [3.8, 4) is 0 Å². The van der Waals surface area contributed by atoms with E-state index in [2.05, 4.69) is 15.9 Å². The molecular weight excluding hydrogens is 264 g/mol. The summed E-state index contributed by atoms with van der Waals surface area (Å²) in [6, 6.07) is 3.83. The molecule has 0 amide bonds. The van der Waals surface area contributed by atoms with Gasteiger partial charge in [0.2, 0.25) is 0 Å². The summed E-state index contributed by atoms with van der Waals surface area (Å²) in [7, 11) is 0. The SMILES string of the molecule is O=Cc1c(CO)c(Br)cc2sccc12. The van der Waals surface area contributed by atoms with Gasteiger partial charge < -0.3 is 5.11 Å². The second-order valence-electron chi connectivity index (χ2n) is 2.86. The maximum absolute atomic E-state index is 10.9. The van der Waals surface area contributed by atoms with Crippen LogP contribution in [0.15, 0.2) is 22.0 Å². The van der Waals surface area contributed by atoms with Gasteiger partial charge in [-0.05, 0) is 17.5 Å². The van der Waals surface area contributed by atoms with Crippen LogP contribution < -0.4 is 0 Å². The number of fused-ring (bicyclic) bond motifs is 1. The molecule has 2 aromatic rings. The number of carbonyl (C=O) groups is 1. The van der Waals surface area contributed by atoms with Crippen molar-refractivity contribution in [3.63, 3.8) is 0 Å². The lowest BCUT2D eigenvalue weighted by molar-refractivity contribution is 0.112. The zero-order chi connectivity index (χ0) is 10.1. The largest absolute Gasteiger partial charge is 0.392 e. The first-order valence-corrected chi connectivity index (χ1v) is 5.69. The molecule has 2 rings (SSSR count). The van der Waals surface area contributed by atoms with E-state index >= 15 is 0 Å². The van der Waals surface area contributed by atoms with Gasteiger partial charge in [-0.1, -0.05) is 15.9 Å². The maximum Gasteiger partial charge on any atom is 0.151 e. The van der Waals surface area contributed by atoms with E-state index in [9.17, 15) is 4.79 Å². The van der Waals surface area contributed by atoms with E-state index in [1.165, 1.54) is 0 Å². The van der Waals surface area contributed by atoms with Crippen LogP contribution in [0.2, 0.25) is 0 Å². The lowest BCUT2D eigenvalue weighted by atomic mass is 10.1. The highest BCUT2D eigenvalue weighted by Crippen LogP contribution is 2.31. The number of hydrogen-bond acceptors (Lipinski definition) is 3. The molecule has 0 unspecified atom stereocenters. The molecule has 0 aliphatic rings. The van der Waals surface area contributed by atoms with Crippen LogP contribution in [0, 0.1) is 0 Å². The predicted octanol–water partition coefficient (Wildman–Crippen LogP) is 2.97. The molecule has 0 saturated carbocycles. The molecule has 72 valence electrons. The number of aldehydes is 1. The van der Waals surface area contributed by atoms with Crippen molar-refractivity contribution in [3.05, 3.63) is 33.1 Å². The van der Waals surface area contributed by atoms with Crippen LogP contribution in [0.4, 0.5) is 0 Å². The van der Waals surface area contributed by atoms with Crippen molar-refractivity contribution in [2.45, 2.75) is 6.61 Å². The topological polar surface area (TPSA) is 37.3 Å². The molecule has 0 radical (unpaired) electrons. The van der Waals surface area contributed by atoms with Crippen LogP contribution in [0.1, 0.15) is 15.9 Å². The molecular formula is C10H7BrO2S. The molecule has 1 aromatic heterocycles. The van der Waals surface area contributed by atoms with Crippen LogP contribution >= 0.6 is 27.3 Å². The third-order valence-electron chi connectivity index (χ3n) is 2.13. The van der Waals surface area contributed by atoms with Crippen LogP contribution in [-0.4, -0.2) is 11.4 Å². The van der Waals surface area contributed by atoms with E-state index < -0.39 is 0 Å². The maximum atomic E-state index is 10.9. The minimum Gasteiger partial charge on any atom is -0.392 e. The zero-order valence-electron chi connectivity index (χ0n) is 7.16. The summed E-state index contributed by atoms with van der Waals surface area (Å²) >= 11 is 4.92. The molecule has 2 nitrogen and oxygen atoms in total. The first kappa shape index (κ1) is 9.83. The summed E-state index contributed by atoms with van der Waals surface area (Å²) in [5, 5.41) is 12.0. The lowest BCUT2D eigenvalue weighted by Gasteiger charge is -2.05.